The number of alkyl halides is 6. The molecule has 0 bridgehead atoms. The molecule has 0 saturated heterocycles. The van der Waals surface area contributed by atoms with Gasteiger partial charge in [0, 0.05) is 0 Å². The Labute approximate surface area is 148 Å². The van der Waals surface area contributed by atoms with E-state index in [0.29, 0.717) is 0 Å². The average molecular weight is 385 g/mol. The summed E-state index contributed by atoms with van der Waals surface area (Å²) in [6.07, 6.45) is -9.04. The predicted molar refractivity (Wildman–Crippen MR) is 84.1 cm³/mol. The number of nitrogens with one attached hydrogen (secondary N) is 1. The second kappa shape index (κ2) is 7.86. The minimum Gasteiger partial charge on any atom is -0.276 e. The highest BCUT2D eigenvalue weighted by molar-refractivity contribution is 5.97. The highest BCUT2D eigenvalue weighted by atomic mass is 19.4. The zero-order valence-corrected chi connectivity index (χ0v) is 13.2. The number of rotatable bonds is 3. The van der Waals surface area contributed by atoms with E-state index in [1.54, 1.807) is 6.07 Å². The third-order valence-electron chi connectivity index (χ3n) is 3.04. The van der Waals surface area contributed by atoms with E-state index in [9.17, 15) is 26.3 Å². The van der Waals surface area contributed by atoms with Crippen LogP contribution in [0.4, 0.5) is 37.7 Å². The van der Waals surface area contributed by atoms with Crippen LogP contribution in [0.2, 0.25) is 0 Å². The first-order chi connectivity index (χ1) is 12.6. The Balaban J connectivity index is 2.11. The lowest BCUT2D eigenvalue weighted by Crippen LogP contribution is -2.04. The summed E-state index contributed by atoms with van der Waals surface area (Å²) >= 11 is 0. The van der Waals surface area contributed by atoms with E-state index in [0.717, 1.165) is 42.5 Å². The van der Waals surface area contributed by atoms with Crippen LogP contribution in [-0.4, -0.2) is 5.84 Å². The Kier molecular flexibility index (Phi) is 5.79. The molecule has 0 aliphatic carbocycles. The molecule has 2 aromatic carbocycles. The van der Waals surface area contributed by atoms with Crippen LogP contribution >= 0.6 is 0 Å². The summed E-state index contributed by atoms with van der Waals surface area (Å²) in [7, 11) is 0. The van der Waals surface area contributed by atoms with Crippen molar-refractivity contribution in [3.63, 3.8) is 0 Å². The van der Waals surface area contributed by atoms with Gasteiger partial charge in [-0.3, -0.25) is 5.43 Å². The molecule has 1 N–H and O–H groups in total. The van der Waals surface area contributed by atoms with Gasteiger partial charge in [-0.2, -0.15) is 31.6 Å². The van der Waals surface area contributed by atoms with Crippen LogP contribution in [0.5, 0.6) is 0 Å². The molecule has 2 aromatic rings. The van der Waals surface area contributed by atoms with Gasteiger partial charge in [0.25, 0.3) is 5.84 Å². The van der Waals surface area contributed by atoms with Crippen molar-refractivity contribution in [2.75, 3.05) is 5.43 Å². The van der Waals surface area contributed by atoms with Gasteiger partial charge in [0.1, 0.15) is 6.07 Å². The second-order valence-electron chi connectivity index (χ2n) is 4.98. The van der Waals surface area contributed by atoms with Gasteiger partial charge >= 0.3 is 12.4 Å². The number of halogens is 6. The van der Waals surface area contributed by atoms with E-state index in [1.807, 2.05) is 0 Å². The Morgan fingerprint density at radius 2 is 1.52 bits per heavy atom. The van der Waals surface area contributed by atoms with Crippen molar-refractivity contribution in [3.8, 4) is 6.07 Å². The van der Waals surface area contributed by atoms with E-state index in [4.69, 9.17) is 5.26 Å². The lowest BCUT2D eigenvalue weighted by molar-refractivity contribution is -0.138. The highest BCUT2D eigenvalue weighted by Crippen LogP contribution is 2.31. The molecule has 11 heteroatoms. The highest BCUT2D eigenvalue weighted by Gasteiger charge is 2.30. The number of hydrogen-bond donors (Lipinski definition) is 1. The molecule has 2 rings (SSSR count). The van der Waals surface area contributed by atoms with E-state index in [1.165, 1.54) is 6.07 Å². The molecule has 0 atom stereocenters. The van der Waals surface area contributed by atoms with Crippen LogP contribution in [0, 0.1) is 11.3 Å². The van der Waals surface area contributed by atoms with Gasteiger partial charge in [0.2, 0.25) is 0 Å². The summed E-state index contributed by atoms with van der Waals surface area (Å²) in [6.45, 7) is 0. The standard InChI is InChI=1S/C16H9F6N5/c17-15(18,19)10-4-6-12(7-5-10)24-26-14(9-23)27-25-13-3-1-2-11(8-13)16(20,21)22/h1-8,24H. The first-order valence-electron chi connectivity index (χ1n) is 7.09. The molecule has 0 spiro atoms. The predicted octanol–water partition coefficient (Wildman–Crippen LogP) is 5.76. The fourth-order valence-corrected chi connectivity index (χ4v) is 1.77. The van der Waals surface area contributed by atoms with Gasteiger partial charge in [-0.1, -0.05) is 6.07 Å². The molecule has 140 valence electrons. The summed E-state index contributed by atoms with van der Waals surface area (Å²) in [6, 6.07) is 9.31. The van der Waals surface area contributed by atoms with Crippen molar-refractivity contribution >= 4 is 17.2 Å². The van der Waals surface area contributed by atoms with E-state index >= 15 is 0 Å². The normalized spacial score (nSPS) is 12.9. The van der Waals surface area contributed by atoms with Crippen LogP contribution in [-0.2, 0) is 12.4 Å². The summed E-state index contributed by atoms with van der Waals surface area (Å²) in [5.41, 5.74) is 0.511. The summed E-state index contributed by atoms with van der Waals surface area (Å²) < 4.78 is 75.2. The minimum atomic E-state index is -4.55. The molecule has 0 saturated carbocycles. The fraction of sp³-hybridized carbons (Fsp3) is 0.125. The molecular weight excluding hydrogens is 376 g/mol. The Bertz CT molecular complexity index is 891. The molecule has 0 aliphatic rings. The first kappa shape index (κ1) is 19.9. The van der Waals surface area contributed by atoms with Crippen LogP contribution < -0.4 is 5.43 Å². The molecule has 0 fully saturated rings. The van der Waals surface area contributed by atoms with Crippen LogP contribution in [0.1, 0.15) is 11.1 Å². The maximum absolute atomic E-state index is 12.6. The van der Waals surface area contributed by atoms with Crippen LogP contribution in [0.3, 0.4) is 0 Å². The van der Waals surface area contributed by atoms with Gasteiger partial charge < -0.3 is 0 Å². The Morgan fingerprint density at radius 3 is 2.07 bits per heavy atom. The number of anilines is 1. The van der Waals surface area contributed by atoms with Crippen molar-refractivity contribution in [3.05, 3.63) is 59.7 Å². The van der Waals surface area contributed by atoms with Gasteiger partial charge in [-0.05, 0) is 42.5 Å². The lowest BCUT2D eigenvalue weighted by Gasteiger charge is -2.07. The molecule has 0 amide bonds. The quantitative estimate of drug-likeness (QED) is 0.240. The minimum absolute atomic E-state index is 0.144. The number of benzene rings is 2. The van der Waals surface area contributed by atoms with Crippen molar-refractivity contribution < 1.29 is 26.3 Å². The molecule has 27 heavy (non-hydrogen) atoms. The molecule has 0 heterocycles. The molecular formula is C16H9F6N5. The fourth-order valence-electron chi connectivity index (χ4n) is 1.77. The van der Waals surface area contributed by atoms with Crippen molar-refractivity contribution in [1.82, 2.24) is 0 Å². The third kappa shape index (κ3) is 5.81. The Morgan fingerprint density at radius 1 is 0.889 bits per heavy atom. The van der Waals surface area contributed by atoms with Crippen molar-refractivity contribution in [1.29, 1.82) is 5.26 Å². The smallest absolute Gasteiger partial charge is 0.276 e. The van der Waals surface area contributed by atoms with Gasteiger partial charge in [0.05, 0.1) is 22.5 Å². The van der Waals surface area contributed by atoms with Gasteiger partial charge in [0.15, 0.2) is 0 Å². The zero-order valence-electron chi connectivity index (χ0n) is 13.2. The van der Waals surface area contributed by atoms with Crippen LogP contribution in [0.15, 0.2) is 63.9 Å². The van der Waals surface area contributed by atoms with E-state index < -0.39 is 29.3 Å². The zero-order chi connectivity index (χ0) is 20.1. The van der Waals surface area contributed by atoms with Gasteiger partial charge in [-0.25, -0.2) is 0 Å². The number of azo groups is 1. The largest absolute Gasteiger partial charge is 0.416 e. The van der Waals surface area contributed by atoms with Crippen molar-refractivity contribution in [2.45, 2.75) is 12.4 Å². The monoisotopic (exact) mass is 385 g/mol. The van der Waals surface area contributed by atoms with Crippen molar-refractivity contribution in [2.24, 2.45) is 15.3 Å². The number of amidine groups is 1. The number of hydrazone groups is 1. The first-order valence-corrected chi connectivity index (χ1v) is 7.09. The van der Waals surface area contributed by atoms with Gasteiger partial charge in [-0.15, -0.1) is 15.3 Å². The molecule has 0 unspecified atom stereocenters. The maximum atomic E-state index is 12.6. The number of hydrogen-bond acceptors (Lipinski definition) is 4. The number of nitrogens with zero attached hydrogens (tertiary/aromatic N) is 4. The topological polar surface area (TPSA) is 72.9 Å². The number of nitriles is 1. The summed E-state index contributed by atoms with van der Waals surface area (Å²) in [4.78, 5) is 0. The second-order valence-corrected chi connectivity index (χ2v) is 4.98. The molecule has 0 radical (unpaired) electrons. The maximum Gasteiger partial charge on any atom is 0.416 e. The lowest BCUT2D eigenvalue weighted by atomic mass is 10.2. The van der Waals surface area contributed by atoms with Crippen LogP contribution in [0.25, 0.3) is 0 Å². The molecule has 0 aromatic heterocycles. The summed E-state index contributed by atoms with van der Waals surface area (Å²) in [5, 5.41) is 19.4. The molecule has 0 aliphatic heterocycles. The third-order valence-corrected chi connectivity index (χ3v) is 3.04. The molecule has 5 nitrogen and oxygen atoms in total. The van der Waals surface area contributed by atoms with E-state index in [-0.39, 0.29) is 11.4 Å². The SMILES string of the molecule is N#CC(N=Nc1cccc(C(F)(F)F)c1)=NNc1ccc(C(F)(F)F)cc1. The Hall–Kier alpha value is -3.42. The van der Waals surface area contributed by atoms with E-state index in [2.05, 4.69) is 20.8 Å². The summed E-state index contributed by atoms with van der Waals surface area (Å²) in [5.74, 6) is -0.535. The average Bonchev–Trinajstić information content (AvgIpc) is 2.61.